The second kappa shape index (κ2) is 10.4. The first kappa shape index (κ1) is 25.2. The molecule has 4 aromatic rings. The Hall–Kier alpha value is -3.91. The maximum atomic E-state index is 13.8. The van der Waals surface area contributed by atoms with Crippen molar-refractivity contribution in [3.8, 4) is 21.9 Å². The van der Waals surface area contributed by atoms with Crippen molar-refractivity contribution in [2.75, 3.05) is 0 Å². The molecule has 0 bridgehead atoms. The Morgan fingerprint density at radius 2 is 1.75 bits per heavy atom. The molecule has 0 amide bonds. The van der Waals surface area contributed by atoms with Crippen LogP contribution >= 0.6 is 11.3 Å². The van der Waals surface area contributed by atoms with Gasteiger partial charge in [0.15, 0.2) is 5.75 Å². The molecule has 0 fully saturated rings. The van der Waals surface area contributed by atoms with Crippen molar-refractivity contribution in [2.45, 2.75) is 32.8 Å². The van der Waals surface area contributed by atoms with E-state index >= 15 is 0 Å². The molecule has 0 aliphatic carbocycles. The largest absolute Gasteiger partial charge is 0.457 e. The molecule has 0 saturated carbocycles. The highest BCUT2D eigenvalue weighted by molar-refractivity contribution is 7.22. The Labute approximate surface area is 211 Å². The fraction of sp³-hybridized carbons (Fsp3) is 0.179. The van der Waals surface area contributed by atoms with Gasteiger partial charge in [0.1, 0.15) is 17.0 Å². The van der Waals surface area contributed by atoms with E-state index < -0.39 is 18.0 Å². The number of rotatable bonds is 7. The predicted molar refractivity (Wildman–Crippen MR) is 139 cm³/mol. The van der Waals surface area contributed by atoms with Crippen molar-refractivity contribution < 1.29 is 23.0 Å². The fourth-order valence-electron chi connectivity index (χ4n) is 3.56. The van der Waals surface area contributed by atoms with E-state index in [1.807, 2.05) is 0 Å². The van der Waals surface area contributed by atoms with Crippen LogP contribution in [0.15, 0.2) is 78.0 Å². The average molecular weight is 508 g/mol. The number of ether oxygens (including phenoxy) is 2. The maximum Gasteiger partial charge on any atom is 0.331 e. The summed E-state index contributed by atoms with van der Waals surface area (Å²) in [7, 11) is 0. The van der Waals surface area contributed by atoms with Gasteiger partial charge in [0.2, 0.25) is 0 Å². The quantitative estimate of drug-likeness (QED) is 0.142. The van der Waals surface area contributed by atoms with E-state index in [2.05, 4.69) is 5.18 Å². The van der Waals surface area contributed by atoms with E-state index in [-0.39, 0.29) is 11.3 Å². The molecule has 4 rings (SSSR count). The number of hydrogen-bond donors (Lipinski definition) is 0. The molecule has 1 aromatic heterocycles. The number of hydrogen-bond acceptors (Lipinski definition) is 6. The summed E-state index contributed by atoms with van der Waals surface area (Å²) in [6.45, 7) is 5.38. The fourth-order valence-corrected chi connectivity index (χ4v) is 4.77. The Morgan fingerprint density at radius 1 is 1.03 bits per heavy atom. The van der Waals surface area contributed by atoms with Gasteiger partial charge in [-0.1, -0.05) is 36.4 Å². The van der Waals surface area contributed by atoms with E-state index in [0.717, 1.165) is 5.56 Å². The van der Waals surface area contributed by atoms with E-state index in [0.29, 0.717) is 32.0 Å². The van der Waals surface area contributed by atoms with E-state index in [4.69, 9.17) is 9.47 Å². The SMILES string of the molecule is CC(C)(C)OC(=O)/C=C/c1ccc(Oc2c(-c3ccccc3C(F)F)sc3cc(N=O)ccc23)cc1. The van der Waals surface area contributed by atoms with Gasteiger partial charge < -0.3 is 9.47 Å². The summed E-state index contributed by atoms with van der Waals surface area (Å²) in [4.78, 5) is 23.5. The molecule has 0 atom stereocenters. The lowest BCUT2D eigenvalue weighted by Crippen LogP contribution is -2.22. The predicted octanol–water partition coefficient (Wildman–Crippen LogP) is 9.05. The molecule has 1 heterocycles. The number of nitrogens with zero attached hydrogens (tertiary/aromatic N) is 1. The molecule has 0 aliphatic heterocycles. The number of nitroso groups, excluding NO2 is 1. The van der Waals surface area contributed by atoms with Crippen molar-refractivity contribution in [2.24, 2.45) is 5.18 Å². The van der Waals surface area contributed by atoms with Gasteiger partial charge in [-0.05, 0) is 67.9 Å². The lowest BCUT2D eigenvalue weighted by atomic mass is 10.0. The van der Waals surface area contributed by atoms with Crippen LogP contribution in [0.4, 0.5) is 14.5 Å². The number of alkyl halides is 2. The number of benzene rings is 3. The van der Waals surface area contributed by atoms with Gasteiger partial charge in [-0.3, -0.25) is 0 Å². The van der Waals surface area contributed by atoms with Gasteiger partial charge in [0.25, 0.3) is 6.43 Å². The normalized spacial score (nSPS) is 11.8. The third-order valence-electron chi connectivity index (χ3n) is 5.09. The van der Waals surface area contributed by atoms with Crippen LogP contribution in [0.1, 0.15) is 38.3 Å². The zero-order chi connectivity index (χ0) is 25.9. The Bertz CT molecular complexity index is 1440. The van der Waals surface area contributed by atoms with Crippen LogP contribution in [0.2, 0.25) is 0 Å². The first-order valence-electron chi connectivity index (χ1n) is 11.1. The Morgan fingerprint density at radius 3 is 2.42 bits per heavy atom. The first-order valence-corrected chi connectivity index (χ1v) is 11.9. The van der Waals surface area contributed by atoms with E-state index in [1.165, 1.54) is 23.5 Å². The number of thiophene rings is 1. The highest BCUT2D eigenvalue weighted by Gasteiger charge is 2.22. The summed E-state index contributed by atoms with van der Waals surface area (Å²) in [5.74, 6) is 0.453. The molecule has 3 aromatic carbocycles. The summed E-state index contributed by atoms with van der Waals surface area (Å²) in [5, 5.41) is 3.66. The molecule has 0 aliphatic rings. The van der Waals surface area contributed by atoms with Crippen molar-refractivity contribution in [3.63, 3.8) is 0 Å². The van der Waals surface area contributed by atoms with Crippen molar-refractivity contribution >= 4 is 39.2 Å². The third-order valence-corrected chi connectivity index (χ3v) is 6.26. The Kier molecular flexibility index (Phi) is 7.26. The number of carbonyl (C=O) groups is 1. The van der Waals surface area contributed by atoms with Crippen molar-refractivity contribution in [1.29, 1.82) is 0 Å². The molecule has 5 nitrogen and oxygen atoms in total. The van der Waals surface area contributed by atoms with Crippen molar-refractivity contribution in [1.82, 2.24) is 0 Å². The standard InChI is InChI=1S/C28H23F2NO4S/c1-28(2,3)35-24(32)15-10-17-8-12-19(13-9-17)34-25-22-14-11-18(31-33)16-23(22)36-26(25)20-6-4-5-7-21(20)27(29)30/h4-16,27H,1-3H3/b15-10+. The summed E-state index contributed by atoms with van der Waals surface area (Å²) in [6.07, 6.45) is 0.323. The highest BCUT2D eigenvalue weighted by atomic mass is 32.1. The molecule has 184 valence electrons. The zero-order valence-corrected chi connectivity index (χ0v) is 20.6. The molecule has 0 saturated heterocycles. The number of fused-ring (bicyclic) bond motifs is 1. The smallest absolute Gasteiger partial charge is 0.331 e. The molecule has 0 radical (unpaired) electrons. The van der Waals surface area contributed by atoms with Gasteiger partial charge >= 0.3 is 5.97 Å². The van der Waals surface area contributed by atoms with E-state index in [9.17, 15) is 18.5 Å². The molecule has 36 heavy (non-hydrogen) atoms. The van der Waals surface area contributed by atoms with Gasteiger partial charge in [0, 0.05) is 27.3 Å². The van der Waals surface area contributed by atoms with Crippen LogP contribution in [0, 0.1) is 4.91 Å². The maximum absolute atomic E-state index is 13.8. The van der Waals surface area contributed by atoms with Gasteiger partial charge in [-0.15, -0.1) is 16.2 Å². The number of carbonyl (C=O) groups excluding carboxylic acids is 1. The van der Waals surface area contributed by atoms with Gasteiger partial charge in [-0.2, -0.15) is 0 Å². The average Bonchev–Trinajstić information content (AvgIpc) is 3.19. The minimum atomic E-state index is -2.66. The summed E-state index contributed by atoms with van der Waals surface area (Å²) >= 11 is 1.26. The highest BCUT2D eigenvalue weighted by Crippen LogP contribution is 2.49. The van der Waals surface area contributed by atoms with Crippen LogP contribution in [0.3, 0.4) is 0 Å². The lowest BCUT2D eigenvalue weighted by Gasteiger charge is -2.17. The third kappa shape index (κ3) is 5.83. The topological polar surface area (TPSA) is 65.0 Å². The zero-order valence-electron chi connectivity index (χ0n) is 19.8. The molecular weight excluding hydrogens is 484 g/mol. The van der Waals surface area contributed by atoms with Crippen LogP contribution in [-0.2, 0) is 9.53 Å². The molecule has 0 N–H and O–H groups in total. The second-order valence-corrected chi connectivity index (χ2v) is 10.0. The number of halogens is 2. The Balaban J connectivity index is 1.69. The van der Waals surface area contributed by atoms with Gasteiger partial charge in [-0.25, -0.2) is 13.6 Å². The summed E-state index contributed by atoms with van der Waals surface area (Å²) in [6, 6.07) is 18.1. The van der Waals surface area contributed by atoms with E-state index in [1.54, 1.807) is 87.5 Å². The molecular formula is C28H23F2NO4S. The van der Waals surface area contributed by atoms with Crippen LogP contribution < -0.4 is 4.74 Å². The monoisotopic (exact) mass is 507 g/mol. The van der Waals surface area contributed by atoms with Crippen LogP contribution in [0.25, 0.3) is 26.6 Å². The molecule has 0 unspecified atom stereocenters. The minimum absolute atomic E-state index is 0.106. The summed E-state index contributed by atoms with van der Waals surface area (Å²) in [5.41, 5.74) is 0.677. The number of esters is 1. The van der Waals surface area contributed by atoms with Crippen molar-refractivity contribution in [3.05, 3.63) is 88.8 Å². The molecule has 8 heteroatoms. The summed E-state index contributed by atoms with van der Waals surface area (Å²) < 4.78 is 39.7. The van der Waals surface area contributed by atoms with Crippen LogP contribution in [0.5, 0.6) is 11.5 Å². The minimum Gasteiger partial charge on any atom is -0.457 e. The first-order chi connectivity index (χ1) is 17.1. The lowest BCUT2D eigenvalue weighted by molar-refractivity contribution is -0.148. The van der Waals surface area contributed by atoms with Gasteiger partial charge in [0.05, 0.1) is 4.88 Å². The second-order valence-electron chi connectivity index (χ2n) is 8.96. The molecule has 0 spiro atoms. The van der Waals surface area contributed by atoms with Crippen LogP contribution in [-0.4, -0.2) is 11.6 Å².